The molecule has 1 unspecified atom stereocenters. The molecule has 0 aromatic heterocycles. The average Bonchev–Trinajstić information content (AvgIpc) is 3.13. The number of halogens is 1. The van der Waals surface area contributed by atoms with Gasteiger partial charge in [-0.15, -0.1) is 0 Å². The van der Waals surface area contributed by atoms with E-state index >= 15 is 0 Å². The van der Waals surface area contributed by atoms with Gasteiger partial charge in [0.05, 0.1) is 10.7 Å². The van der Waals surface area contributed by atoms with E-state index in [4.69, 9.17) is 11.6 Å². The van der Waals surface area contributed by atoms with Crippen molar-refractivity contribution in [2.24, 2.45) is 0 Å². The third kappa shape index (κ3) is 2.81. The molecule has 98 valence electrons. The van der Waals surface area contributed by atoms with Crippen LogP contribution in [0.25, 0.3) is 0 Å². The molecule has 1 atom stereocenters. The van der Waals surface area contributed by atoms with Crippen molar-refractivity contribution in [3.05, 3.63) is 28.8 Å². The van der Waals surface area contributed by atoms with E-state index in [2.05, 4.69) is 35.3 Å². The first kappa shape index (κ1) is 12.3. The summed E-state index contributed by atoms with van der Waals surface area (Å²) in [6.07, 6.45) is 5.29. The normalized spacial score (nSPS) is 24.3. The van der Waals surface area contributed by atoms with Gasteiger partial charge in [0, 0.05) is 25.2 Å². The Morgan fingerprint density at radius 2 is 2.06 bits per heavy atom. The van der Waals surface area contributed by atoms with Crippen LogP contribution in [0.15, 0.2) is 18.2 Å². The summed E-state index contributed by atoms with van der Waals surface area (Å²) in [7, 11) is 0. The first-order valence-corrected chi connectivity index (χ1v) is 7.37. The van der Waals surface area contributed by atoms with Gasteiger partial charge in [-0.25, -0.2) is 0 Å². The summed E-state index contributed by atoms with van der Waals surface area (Å²) in [5, 5.41) is 4.63. The van der Waals surface area contributed by atoms with E-state index in [1.54, 1.807) is 0 Å². The molecule has 2 nitrogen and oxygen atoms in total. The van der Waals surface area contributed by atoms with Gasteiger partial charge in [0.15, 0.2) is 0 Å². The molecule has 1 saturated carbocycles. The Morgan fingerprint density at radius 1 is 1.22 bits per heavy atom. The molecule has 1 aromatic carbocycles. The average molecular weight is 265 g/mol. The minimum Gasteiger partial charge on any atom is -0.369 e. The Balaban J connectivity index is 1.70. The molecule has 3 heteroatoms. The number of aryl methyl sites for hydroxylation is 1. The fraction of sp³-hybridized carbons (Fsp3) is 0.600. The second-order valence-electron chi connectivity index (χ2n) is 5.68. The molecule has 0 spiro atoms. The van der Waals surface area contributed by atoms with Crippen LogP contribution in [0.1, 0.15) is 31.2 Å². The summed E-state index contributed by atoms with van der Waals surface area (Å²) in [5.74, 6) is 0. The van der Waals surface area contributed by atoms with Crippen LogP contribution in [0.3, 0.4) is 0 Å². The first-order valence-electron chi connectivity index (χ1n) is 6.99. The van der Waals surface area contributed by atoms with Crippen LogP contribution >= 0.6 is 11.6 Å². The molecule has 0 bridgehead atoms. The van der Waals surface area contributed by atoms with Crippen LogP contribution in [0.2, 0.25) is 5.02 Å². The number of nitrogens with zero attached hydrogens (tertiary/aromatic N) is 1. The van der Waals surface area contributed by atoms with Crippen LogP contribution in [0.4, 0.5) is 5.69 Å². The highest BCUT2D eigenvalue weighted by Crippen LogP contribution is 2.30. The highest BCUT2D eigenvalue weighted by molar-refractivity contribution is 6.33. The van der Waals surface area contributed by atoms with Gasteiger partial charge in [0.25, 0.3) is 0 Å². The summed E-state index contributed by atoms with van der Waals surface area (Å²) < 4.78 is 0. The molecular formula is C15H21ClN2. The highest BCUT2D eigenvalue weighted by Gasteiger charge is 2.28. The van der Waals surface area contributed by atoms with Gasteiger partial charge in [0.2, 0.25) is 0 Å². The van der Waals surface area contributed by atoms with E-state index in [1.165, 1.54) is 36.9 Å². The van der Waals surface area contributed by atoms with Gasteiger partial charge < -0.3 is 10.2 Å². The fourth-order valence-corrected chi connectivity index (χ4v) is 3.14. The molecule has 0 radical (unpaired) electrons. The quantitative estimate of drug-likeness (QED) is 0.901. The first-order chi connectivity index (χ1) is 8.72. The molecule has 0 amide bonds. The number of hydrogen-bond donors (Lipinski definition) is 1. The molecule has 1 N–H and O–H groups in total. The Labute approximate surface area is 114 Å². The maximum Gasteiger partial charge on any atom is 0.0642 e. The van der Waals surface area contributed by atoms with Gasteiger partial charge in [-0.2, -0.15) is 0 Å². The van der Waals surface area contributed by atoms with Crippen molar-refractivity contribution >= 4 is 17.3 Å². The summed E-state index contributed by atoms with van der Waals surface area (Å²) in [4.78, 5) is 2.44. The zero-order valence-corrected chi connectivity index (χ0v) is 11.7. The smallest absolute Gasteiger partial charge is 0.0642 e. The Morgan fingerprint density at radius 3 is 2.78 bits per heavy atom. The van der Waals surface area contributed by atoms with Crippen LogP contribution in [-0.2, 0) is 0 Å². The van der Waals surface area contributed by atoms with Gasteiger partial charge >= 0.3 is 0 Å². The van der Waals surface area contributed by atoms with Crippen molar-refractivity contribution in [2.75, 3.05) is 18.0 Å². The SMILES string of the molecule is Cc1ccc(N2CCCC(NC3CC3)C2)c(Cl)c1. The maximum atomic E-state index is 6.37. The monoisotopic (exact) mass is 264 g/mol. The van der Waals surface area contributed by atoms with Gasteiger partial charge in [-0.1, -0.05) is 17.7 Å². The Bertz CT molecular complexity index is 429. The van der Waals surface area contributed by atoms with Gasteiger partial charge in [-0.3, -0.25) is 0 Å². The van der Waals surface area contributed by atoms with Crippen molar-refractivity contribution in [2.45, 2.75) is 44.7 Å². The summed E-state index contributed by atoms with van der Waals surface area (Å²) in [6.45, 7) is 4.31. The number of rotatable bonds is 3. The van der Waals surface area contributed by atoms with Gasteiger partial charge in [0.1, 0.15) is 0 Å². The third-order valence-electron chi connectivity index (χ3n) is 3.91. The predicted octanol–water partition coefficient (Wildman–Crippen LogP) is 3.37. The molecule has 1 aromatic rings. The maximum absolute atomic E-state index is 6.37. The highest BCUT2D eigenvalue weighted by atomic mass is 35.5. The van der Waals surface area contributed by atoms with Crippen LogP contribution in [-0.4, -0.2) is 25.2 Å². The predicted molar refractivity (Wildman–Crippen MR) is 77.6 cm³/mol. The van der Waals surface area contributed by atoms with Gasteiger partial charge in [-0.05, 0) is 50.3 Å². The molecule has 1 heterocycles. The zero-order valence-electron chi connectivity index (χ0n) is 11.0. The lowest BCUT2D eigenvalue weighted by Gasteiger charge is -2.35. The third-order valence-corrected chi connectivity index (χ3v) is 4.22. The summed E-state index contributed by atoms with van der Waals surface area (Å²) in [6, 6.07) is 7.82. The zero-order chi connectivity index (χ0) is 12.5. The molecule has 2 fully saturated rings. The topological polar surface area (TPSA) is 15.3 Å². The Hall–Kier alpha value is -0.730. The molecule has 2 aliphatic rings. The minimum atomic E-state index is 0.642. The molecule has 3 rings (SSSR count). The van der Waals surface area contributed by atoms with Crippen LogP contribution in [0.5, 0.6) is 0 Å². The lowest BCUT2D eigenvalue weighted by Crippen LogP contribution is -2.46. The summed E-state index contributed by atoms with van der Waals surface area (Å²) >= 11 is 6.37. The second-order valence-corrected chi connectivity index (χ2v) is 6.09. The molecule has 1 aliphatic carbocycles. The number of anilines is 1. The van der Waals surface area contributed by atoms with Crippen LogP contribution in [0, 0.1) is 6.92 Å². The lowest BCUT2D eigenvalue weighted by atomic mass is 10.0. The van der Waals surface area contributed by atoms with E-state index in [9.17, 15) is 0 Å². The van der Waals surface area contributed by atoms with E-state index in [0.717, 1.165) is 24.2 Å². The van der Waals surface area contributed by atoms with E-state index in [-0.39, 0.29) is 0 Å². The number of hydrogen-bond acceptors (Lipinski definition) is 2. The van der Waals surface area contributed by atoms with Crippen molar-refractivity contribution in [1.29, 1.82) is 0 Å². The van der Waals surface area contributed by atoms with Crippen molar-refractivity contribution in [1.82, 2.24) is 5.32 Å². The molecule has 18 heavy (non-hydrogen) atoms. The number of benzene rings is 1. The summed E-state index contributed by atoms with van der Waals surface area (Å²) in [5.41, 5.74) is 2.43. The molecular weight excluding hydrogens is 244 g/mol. The number of piperidine rings is 1. The molecule has 1 saturated heterocycles. The minimum absolute atomic E-state index is 0.642. The largest absolute Gasteiger partial charge is 0.369 e. The van der Waals surface area contributed by atoms with E-state index in [1.807, 2.05) is 0 Å². The van der Waals surface area contributed by atoms with Crippen LogP contribution < -0.4 is 10.2 Å². The van der Waals surface area contributed by atoms with E-state index < -0.39 is 0 Å². The second kappa shape index (κ2) is 5.10. The van der Waals surface area contributed by atoms with Crippen molar-refractivity contribution in [3.8, 4) is 0 Å². The lowest BCUT2D eigenvalue weighted by molar-refractivity contribution is 0.420. The fourth-order valence-electron chi connectivity index (χ4n) is 2.78. The Kier molecular flexibility index (Phi) is 3.49. The molecule has 1 aliphatic heterocycles. The van der Waals surface area contributed by atoms with Crippen molar-refractivity contribution < 1.29 is 0 Å². The standard InChI is InChI=1S/C15H21ClN2/c1-11-4-7-15(14(16)9-11)18-8-2-3-13(10-18)17-12-5-6-12/h4,7,9,12-13,17H,2-3,5-6,8,10H2,1H3. The number of nitrogens with one attached hydrogen (secondary N) is 1. The van der Waals surface area contributed by atoms with E-state index in [0.29, 0.717) is 6.04 Å². The van der Waals surface area contributed by atoms with Crippen molar-refractivity contribution in [3.63, 3.8) is 0 Å².